The number of halogens is 3. The first-order chi connectivity index (χ1) is 29.3. The summed E-state index contributed by atoms with van der Waals surface area (Å²) in [5.41, 5.74) is 4.05. The van der Waals surface area contributed by atoms with E-state index in [9.17, 15) is 0 Å². The molecule has 0 unspecified atom stereocenters. The Labute approximate surface area is 457 Å². The number of hydrogen-bond donors (Lipinski definition) is 0. The van der Waals surface area contributed by atoms with Gasteiger partial charge in [-0.1, -0.05) is 54.9 Å². The fraction of sp³-hybridized carbons (Fsp3) is 0.158. The molecule has 0 saturated carbocycles. The van der Waals surface area contributed by atoms with E-state index in [1.807, 2.05) is 0 Å². The molecule has 0 amide bonds. The Morgan fingerprint density at radius 1 is 0.303 bits per heavy atom. The van der Waals surface area contributed by atoms with Crippen LogP contribution >= 0.6 is 23.8 Å². The van der Waals surface area contributed by atoms with Crippen LogP contribution in [-0.2, 0) is 55.7 Å². The Balaban J connectivity index is -0.000000710. The average molecular weight is 1100 g/mol. The maximum atomic E-state index is 2.31. The summed E-state index contributed by atoms with van der Waals surface area (Å²) in [4.78, 5) is 0. The zero-order chi connectivity index (χ0) is 42.6. The SMILES string of the molecule is CP(C)C[CH-]c1ccccc1.CP(C)C[CH-]c1ccccc1.CP(C)C[CH-]c1ccccc1.[Cl-].[Cl-].[Cl-].[V+2].[V+2].[V+2].c1ccc2[cH-]ccc2c1.c1ccc2[cH-]ccc2c1.c1ccc2[cH-]ccc2c1. The van der Waals surface area contributed by atoms with Crippen LogP contribution in [-0.4, -0.2) is 58.5 Å². The van der Waals surface area contributed by atoms with Crippen LogP contribution in [0.15, 0.2) is 218 Å². The third-order valence-corrected chi connectivity index (χ3v) is 11.9. The Morgan fingerprint density at radius 2 is 0.515 bits per heavy atom. The van der Waals surface area contributed by atoms with E-state index >= 15 is 0 Å². The van der Waals surface area contributed by atoms with Crippen molar-refractivity contribution in [2.75, 3.05) is 58.5 Å². The van der Waals surface area contributed by atoms with Crippen LogP contribution in [0, 0.1) is 19.3 Å². The second-order valence-corrected chi connectivity index (χ2v) is 22.7. The Kier molecular flexibility index (Phi) is 42.9. The molecule has 0 heterocycles. The number of rotatable bonds is 9. The summed E-state index contributed by atoms with van der Waals surface area (Å²) in [6.45, 7) is 13.8. The monoisotopic (exact) mass is 1100 g/mol. The van der Waals surface area contributed by atoms with Crippen LogP contribution in [0.25, 0.3) is 32.3 Å². The predicted molar refractivity (Wildman–Crippen MR) is 279 cm³/mol. The third kappa shape index (κ3) is 29.5. The average Bonchev–Trinajstić information content (AvgIpc) is 4.08. The molecule has 9 aromatic carbocycles. The molecule has 0 N–H and O–H groups in total. The Hall–Kier alpha value is -2.33. The van der Waals surface area contributed by atoms with Crippen LogP contribution in [0.3, 0.4) is 0 Å². The molecule has 0 saturated heterocycles. The number of hydrogen-bond acceptors (Lipinski definition) is 0. The van der Waals surface area contributed by atoms with Gasteiger partial charge >= 0.3 is 55.7 Å². The van der Waals surface area contributed by atoms with Gasteiger partial charge in [0, 0.05) is 0 Å². The second kappa shape index (κ2) is 41.6. The van der Waals surface area contributed by atoms with E-state index < -0.39 is 0 Å². The van der Waals surface area contributed by atoms with Gasteiger partial charge in [-0.15, -0.1) is 149 Å². The van der Waals surface area contributed by atoms with Gasteiger partial charge in [-0.05, 0) is 40.0 Å². The first-order valence-electron chi connectivity index (χ1n) is 20.7. The molecule has 0 aliphatic heterocycles. The summed E-state index contributed by atoms with van der Waals surface area (Å²) in [7, 11) is 0.661. The molecule has 0 aromatic heterocycles. The van der Waals surface area contributed by atoms with E-state index in [1.54, 1.807) is 0 Å². The molecule has 9 aromatic rings. The first kappa shape index (κ1) is 67.9. The third-order valence-electron chi connectivity index (χ3n) is 9.12. The molecular weight excluding hydrogens is 1040 g/mol. The molecule has 0 aliphatic rings. The summed E-state index contributed by atoms with van der Waals surface area (Å²) < 4.78 is 0. The molecule has 66 heavy (non-hydrogen) atoms. The molecule has 0 atom stereocenters. The van der Waals surface area contributed by atoms with E-state index in [0.717, 1.165) is 0 Å². The molecular formula is C57H63Cl3P3V3-3. The molecule has 3 radical (unpaired) electrons. The van der Waals surface area contributed by atoms with Crippen LogP contribution < -0.4 is 37.2 Å². The van der Waals surface area contributed by atoms with Gasteiger partial charge in [-0.25, -0.2) is 0 Å². The van der Waals surface area contributed by atoms with Crippen molar-refractivity contribution in [3.05, 3.63) is 254 Å². The zero-order valence-electron chi connectivity index (χ0n) is 39.0. The van der Waals surface area contributed by atoms with Gasteiger partial charge in [0.2, 0.25) is 0 Å². The zero-order valence-corrected chi connectivity index (χ0v) is 48.1. The van der Waals surface area contributed by atoms with E-state index in [1.165, 1.54) is 67.5 Å². The van der Waals surface area contributed by atoms with Crippen LogP contribution in [0.4, 0.5) is 0 Å². The Bertz CT molecular complexity index is 2040. The summed E-state index contributed by atoms with van der Waals surface area (Å²) in [5, 5.41) is 7.99. The van der Waals surface area contributed by atoms with Crippen molar-refractivity contribution in [2.45, 2.75) is 0 Å². The largest absolute Gasteiger partial charge is 2.00 e. The Morgan fingerprint density at radius 3 is 0.727 bits per heavy atom. The molecule has 0 spiro atoms. The second-order valence-electron chi connectivity index (χ2n) is 15.1. The van der Waals surface area contributed by atoms with Gasteiger partial charge < -0.3 is 37.2 Å². The molecule has 0 aliphatic carbocycles. The first-order valence-corrected chi connectivity index (χ1v) is 27.9. The minimum atomic E-state index is 0. The fourth-order valence-electron chi connectivity index (χ4n) is 5.84. The quantitative estimate of drug-likeness (QED) is 0.103. The van der Waals surface area contributed by atoms with Crippen molar-refractivity contribution >= 4 is 56.1 Å². The van der Waals surface area contributed by atoms with E-state index in [2.05, 4.69) is 278 Å². The molecule has 0 fully saturated rings. The molecule has 9 heteroatoms. The molecule has 345 valence electrons. The van der Waals surface area contributed by atoms with E-state index in [4.69, 9.17) is 0 Å². The van der Waals surface area contributed by atoms with Gasteiger partial charge in [0.05, 0.1) is 0 Å². The van der Waals surface area contributed by atoms with Gasteiger partial charge in [-0.3, -0.25) is 0 Å². The van der Waals surface area contributed by atoms with Crippen LogP contribution in [0.5, 0.6) is 0 Å². The van der Waals surface area contributed by atoms with Gasteiger partial charge in [0.15, 0.2) is 0 Å². The van der Waals surface area contributed by atoms with Gasteiger partial charge in [0.25, 0.3) is 0 Å². The van der Waals surface area contributed by atoms with E-state index in [-0.39, 0.29) is 117 Å². The van der Waals surface area contributed by atoms with E-state index in [0.29, 0.717) is 0 Å². The topological polar surface area (TPSA) is 0 Å². The standard InChI is InChI=1S/3C10H14P.3C9H7.3ClH.3V/c3*1-11(2)9-8-10-6-4-3-5-7-10;3*1-2-5-9-7-3-6-8(9)4-1;;;;;;/h3*3-8H,9H2,1-2H3;3*1-7H;3*1H;;;/q6*-1;;;;3*+2/p-3. The van der Waals surface area contributed by atoms with Crippen LogP contribution in [0.1, 0.15) is 16.7 Å². The minimum Gasteiger partial charge on any atom is -1.00 e. The maximum absolute atomic E-state index is 2.31. The number of benzene rings is 6. The van der Waals surface area contributed by atoms with Crippen molar-refractivity contribution in [1.29, 1.82) is 0 Å². The summed E-state index contributed by atoms with van der Waals surface area (Å²) >= 11 is 0. The predicted octanol–water partition coefficient (Wildman–Crippen LogP) is 7.62. The maximum Gasteiger partial charge on any atom is 2.00 e. The van der Waals surface area contributed by atoms with Crippen molar-refractivity contribution in [3.8, 4) is 0 Å². The van der Waals surface area contributed by atoms with Crippen molar-refractivity contribution in [2.24, 2.45) is 0 Å². The number of fused-ring (bicyclic) bond motifs is 3. The minimum absolute atomic E-state index is 0. The normalized spacial score (nSPS) is 9.23. The fourth-order valence-corrected chi connectivity index (χ4v) is 7.57. The van der Waals surface area contributed by atoms with Crippen LogP contribution in [0.2, 0.25) is 0 Å². The van der Waals surface area contributed by atoms with Gasteiger partial charge in [0.1, 0.15) is 0 Å². The summed E-state index contributed by atoms with van der Waals surface area (Å²) in [6, 6.07) is 75.6. The van der Waals surface area contributed by atoms with Crippen molar-refractivity contribution in [3.63, 3.8) is 0 Å². The molecule has 0 bridgehead atoms. The van der Waals surface area contributed by atoms with Crippen molar-refractivity contribution < 1.29 is 92.9 Å². The summed E-state index contributed by atoms with van der Waals surface area (Å²) in [6.07, 6.45) is 10.6. The van der Waals surface area contributed by atoms with Gasteiger partial charge in [-0.2, -0.15) is 125 Å². The smallest absolute Gasteiger partial charge is 1.00 e. The summed E-state index contributed by atoms with van der Waals surface area (Å²) in [5.74, 6) is 0. The van der Waals surface area contributed by atoms with Crippen molar-refractivity contribution in [1.82, 2.24) is 0 Å². The molecule has 0 nitrogen and oxygen atoms in total. The molecule has 9 rings (SSSR count).